The number of carbonyl (C=O) groups excluding carboxylic acids is 1. The predicted molar refractivity (Wildman–Crippen MR) is 60.5 cm³/mol. The maximum Gasteiger partial charge on any atom is 0.242 e. The van der Waals surface area contributed by atoms with E-state index in [1.165, 1.54) is 6.42 Å². The molecular formula is C11H18N4O. The van der Waals surface area contributed by atoms with E-state index >= 15 is 0 Å². The molecule has 0 spiro atoms. The molecule has 1 saturated heterocycles. The van der Waals surface area contributed by atoms with Crippen LogP contribution in [-0.2, 0) is 17.9 Å². The highest BCUT2D eigenvalue weighted by atomic mass is 16.2. The summed E-state index contributed by atoms with van der Waals surface area (Å²) < 4.78 is 1.83. The third kappa shape index (κ3) is 2.41. The van der Waals surface area contributed by atoms with E-state index in [2.05, 4.69) is 4.98 Å². The van der Waals surface area contributed by atoms with E-state index in [0.29, 0.717) is 13.1 Å². The zero-order valence-electron chi connectivity index (χ0n) is 9.43. The van der Waals surface area contributed by atoms with Crippen molar-refractivity contribution in [2.45, 2.75) is 32.4 Å². The Hall–Kier alpha value is -1.36. The van der Waals surface area contributed by atoms with Crippen molar-refractivity contribution in [3.63, 3.8) is 0 Å². The summed E-state index contributed by atoms with van der Waals surface area (Å²) in [5, 5.41) is 0. The fourth-order valence-corrected chi connectivity index (χ4v) is 2.05. The molecule has 0 atom stereocenters. The molecule has 5 nitrogen and oxygen atoms in total. The summed E-state index contributed by atoms with van der Waals surface area (Å²) in [4.78, 5) is 17.9. The van der Waals surface area contributed by atoms with Crippen LogP contribution in [0.15, 0.2) is 12.5 Å². The maximum atomic E-state index is 12.0. The van der Waals surface area contributed by atoms with Crippen LogP contribution >= 0.6 is 0 Å². The highest BCUT2D eigenvalue weighted by Crippen LogP contribution is 2.10. The van der Waals surface area contributed by atoms with Crippen LogP contribution in [0, 0.1) is 0 Å². The number of nitrogens with two attached hydrogens (primary N) is 1. The van der Waals surface area contributed by atoms with Crippen LogP contribution in [-0.4, -0.2) is 33.4 Å². The van der Waals surface area contributed by atoms with Crippen LogP contribution in [0.25, 0.3) is 0 Å². The van der Waals surface area contributed by atoms with E-state index in [1.807, 2.05) is 9.47 Å². The molecule has 0 radical (unpaired) electrons. The van der Waals surface area contributed by atoms with Gasteiger partial charge in [0.05, 0.1) is 12.0 Å². The highest BCUT2D eigenvalue weighted by molar-refractivity contribution is 5.76. The number of rotatable bonds is 3. The van der Waals surface area contributed by atoms with Crippen molar-refractivity contribution in [3.8, 4) is 0 Å². The van der Waals surface area contributed by atoms with Crippen molar-refractivity contribution in [2.75, 3.05) is 13.1 Å². The molecule has 0 aromatic carbocycles. The molecule has 0 unspecified atom stereocenters. The Morgan fingerprint density at radius 2 is 2.12 bits per heavy atom. The number of nitrogens with zero attached hydrogens (tertiary/aromatic N) is 3. The summed E-state index contributed by atoms with van der Waals surface area (Å²) in [6, 6.07) is 0. The molecule has 1 aromatic rings. The molecular weight excluding hydrogens is 204 g/mol. The van der Waals surface area contributed by atoms with Gasteiger partial charge in [0.15, 0.2) is 0 Å². The Morgan fingerprint density at radius 3 is 2.81 bits per heavy atom. The molecule has 0 aliphatic carbocycles. The molecule has 16 heavy (non-hydrogen) atoms. The van der Waals surface area contributed by atoms with Crippen LogP contribution in [0.5, 0.6) is 0 Å². The Bertz CT molecular complexity index is 355. The minimum Gasteiger partial charge on any atom is -0.341 e. The monoisotopic (exact) mass is 222 g/mol. The topological polar surface area (TPSA) is 64.1 Å². The summed E-state index contributed by atoms with van der Waals surface area (Å²) in [5.74, 6) is 0.174. The average molecular weight is 222 g/mol. The maximum absolute atomic E-state index is 12.0. The zero-order valence-corrected chi connectivity index (χ0v) is 9.43. The minimum atomic E-state index is 0.174. The van der Waals surface area contributed by atoms with E-state index in [1.54, 1.807) is 12.5 Å². The van der Waals surface area contributed by atoms with Gasteiger partial charge >= 0.3 is 0 Å². The molecule has 1 aromatic heterocycles. The first-order chi connectivity index (χ1) is 7.81. The summed E-state index contributed by atoms with van der Waals surface area (Å²) in [7, 11) is 0. The Morgan fingerprint density at radius 1 is 1.38 bits per heavy atom. The number of imidazole rings is 1. The van der Waals surface area contributed by atoms with Gasteiger partial charge in [0, 0.05) is 25.8 Å². The van der Waals surface area contributed by atoms with Crippen LogP contribution in [0.2, 0.25) is 0 Å². The predicted octanol–water partition coefficient (Wildman–Crippen LogP) is 0.354. The highest BCUT2D eigenvalue weighted by Gasteiger charge is 2.17. The van der Waals surface area contributed by atoms with E-state index in [-0.39, 0.29) is 5.91 Å². The first-order valence-electron chi connectivity index (χ1n) is 5.78. The average Bonchev–Trinajstić information content (AvgIpc) is 2.77. The molecule has 88 valence electrons. The van der Waals surface area contributed by atoms with Gasteiger partial charge in [0.1, 0.15) is 6.54 Å². The standard InChI is InChI=1S/C11H18N4O/c12-6-10-7-13-9-15(10)8-11(16)14-4-2-1-3-5-14/h7,9H,1-6,8,12H2. The van der Waals surface area contributed by atoms with Crippen molar-refractivity contribution in [2.24, 2.45) is 5.73 Å². The van der Waals surface area contributed by atoms with Gasteiger partial charge < -0.3 is 15.2 Å². The van der Waals surface area contributed by atoms with Crippen molar-refractivity contribution in [3.05, 3.63) is 18.2 Å². The van der Waals surface area contributed by atoms with Crippen LogP contribution in [0.3, 0.4) is 0 Å². The van der Waals surface area contributed by atoms with Crippen molar-refractivity contribution < 1.29 is 4.79 Å². The lowest BCUT2D eigenvalue weighted by Gasteiger charge is -2.27. The second kappa shape index (κ2) is 5.12. The van der Waals surface area contributed by atoms with E-state index < -0.39 is 0 Å². The fraction of sp³-hybridized carbons (Fsp3) is 0.636. The third-order valence-electron chi connectivity index (χ3n) is 3.02. The molecule has 1 aliphatic heterocycles. The number of hydrogen-bond acceptors (Lipinski definition) is 3. The van der Waals surface area contributed by atoms with Crippen molar-refractivity contribution in [1.82, 2.24) is 14.5 Å². The summed E-state index contributed by atoms with van der Waals surface area (Å²) in [6.07, 6.45) is 6.87. The number of carbonyl (C=O) groups is 1. The van der Waals surface area contributed by atoms with Crippen LogP contribution in [0.4, 0.5) is 0 Å². The number of aromatic nitrogens is 2. The molecule has 0 bridgehead atoms. The number of amides is 1. The second-order valence-electron chi connectivity index (χ2n) is 4.16. The first-order valence-corrected chi connectivity index (χ1v) is 5.78. The van der Waals surface area contributed by atoms with Crippen LogP contribution < -0.4 is 5.73 Å². The van der Waals surface area contributed by atoms with Gasteiger partial charge in [-0.15, -0.1) is 0 Å². The quantitative estimate of drug-likeness (QED) is 0.802. The molecule has 1 amide bonds. The zero-order chi connectivity index (χ0) is 11.4. The van der Waals surface area contributed by atoms with E-state index in [9.17, 15) is 4.79 Å². The minimum absolute atomic E-state index is 0.174. The summed E-state index contributed by atoms with van der Waals surface area (Å²) in [5.41, 5.74) is 6.47. The molecule has 1 fully saturated rings. The largest absolute Gasteiger partial charge is 0.341 e. The van der Waals surface area contributed by atoms with E-state index in [0.717, 1.165) is 31.6 Å². The fourth-order valence-electron chi connectivity index (χ4n) is 2.05. The normalized spacial score (nSPS) is 16.4. The van der Waals surface area contributed by atoms with Crippen LogP contribution in [0.1, 0.15) is 25.0 Å². The van der Waals surface area contributed by atoms with Gasteiger partial charge in [0.2, 0.25) is 5.91 Å². The molecule has 2 N–H and O–H groups in total. The summed E-state index contributed by atoms with van der Waals surface area (Å²) >= 11 is 0. The summed E-state index contributed by atoms with van der Waals surface area (Å²) in [6.45, 7) is 2.58. The smallest absolute Gasteiger partial charge is 0.242 e. The van der Waals surface area contributed by atoms with E-state index in [4.69, 9.17) is 5.73 Å². The Balaban J connectivity index is 1.95. The lowest BCUT2D eigenvalue weighted by atomic mass is 10.1. The molecule has 2 heterocycles. The lowest BCUT2D eigenvalue weighted by molar-refractivity contribution is -0.132. The third-order valence-corrected chi connectivity index (χ3v) is 3.02. The van der Waals surface area contributed by atoms with Gasteiger partial charge in [-0.25, -0.2) is 4.98 Å². The number of piperidine rings is 1. The second-order valence-corrected chi connectivity index (χ2v) is 4.16. The molecule has 0 saturated carbocycles. The van der Waals surface area contributed by atoms with Gasteiger partial charge in [0.25, 0.3) is 0 Å². The van der Waals surface area contributed by atoms with Gasteiger partial charge in [-0.3, -0.25) is 4.79 Å². The van der Waals surface area contributed by atoms with Gasteiger partial charge in [-0.2, -0.15) is 0 Å². The first kappa shape index (κ1) is 11.1. The molecule has 1 aliphatic rings. The van der Waals surface area contributed by atoms with Crippen molar-refractivity contribution in [1.29, 1.82) is 0 Å². The van der Waals surface area contributed by atoms with Crippen molar-refractivity contribution >= 4 is 5.91 Å². The molecule has 2 rings (SSSR count). The Kier molecular flexibility index (Phi) is 3.56. The Labute approximate surface area is 95.2 Å². The number of likely N-dealkylation sites (tertiary alicyclic amines) is 1. The lowest BCUT2D eigenvalue weighted by Crippen LogP contribution is -2.38. The SMILES string of the molecule is NCc1cncn1CC(=O)N1CCCCC1. The number of hydrogen-bond donors (Lipinski definition) is 1. The van der Waals surface area contributed by atoms with Gasteiger partial charge in [-0.05, 0) is 19.3 Å². The molecule has 5 heteroatoms. The van der Waals surface area contributed by atoms with Gasteiger partial charge in [-0.1, -0.05) is 0 Å².